The lowest BCUT2D eigenvalue weighted by Crippen LogP contribution is -2.18. The summed E-state index contributed by atoms with van der Waals surface area (Å²) in [6.07, 6.45) is 2.68. The van der Waals surface area contributed by atoms with Gasteiger partial charge in [-0.05, 0) is 17.8 Å². The molecule has 0 bridgehead atoms. The van der Waals surface area contributed by atoms with E-state index in [1.54, 1.807) is 6.33 Å². The van der Waals surface area contributed by atoms with E-state index >= 15 is 0 Å². The average molecular weight is 288 g/mol. The van der Waals surface area contributed by atoms with Crippen LogP contribution in [0.25, 0.3) is 0 Å². The molecule has 4 heteroatoms. The SMILES string of the molecule is CC(C)Cn1ncnc1CC(CBr)C(C)C. The number of hydrogen-bond donors (Lipinski definition) is 0. The van der Waals surface area contributed by atoms with Crippen molar-refractivity contribution in [3.8, 4) is 0 Å². The Hall–Kier alpha value is -0.380. The molecule has 0 saturated carbocycles. The summed E-state index contributed by atoms with van der Waals surface area (Å²) >= 11 is 3.58. The summed E-state index contributed by atoms with van der Waals surface area (Å²) in [4.78, 5) is 4.37. The van der Waals surface area contributed by atoms with E-state index in [0.29, 0.717) is 17.8 Å². The van der Waals surface area contributed by atoms with Crippen LogP contribution in [0.15, 0.2) is 6.33 Å². The van der Waals surface area contributed by atoms with Crippen LogP contribution < -0.4 is 0 Å². The maximum Gasteiger partial charge on any atom is 0.138 e. The molecule has 0 aliphatic rings. The Labute approximate surface area is 107 Å². The highest BCUT2D eigenvalue weighted by Gasteiger charge is 2.16. The molecule has 1 heterocycles. The van der Waals surface area contributed by atoms with Gasteiger partial charge in [0, 0.05) is 18.3 Å². The normalized spacial score (nSPS) is 13.7. The topological polar surface area (TPSA) is 30.7 Å². The molecule has 1 aromatic heterocycles. The summed E-state index contributed by atoms with van der Waals surface area (Å²) < 4.78 is 2.04. The highest BCUT2D eigenvalue weighted by Crippen LogP contribution is 2.18. The molecule has 92 valence electrons. The van der Waals surface area contributed by atoms with Gasteiger partial charge in [-0.25, -0.2) is 9.67 Å². The van der Waals surface area contributed by atoms with Crippen LogP contribution >= 0.6 is 15.9 Å². The van der Waals surface area contributed by atoms with E-state index in [4.69, 9.17) is 0 Å². The van der Waals surface area contributed by atoms with Gasteiger partial charge in [-0.15, -0.1) is 0 Å². The van der Waals surface area contributed by atoms with Gasteiger partial charge in [0.1, 0.15) is 12.2 Å². The zero-order valence-electron chi connectivity index (χ0n) is 10.7. The third-order valence-electron chi connectivity index (χ3n) is 2.82. The minimum absolute atomic E-state index is 0.613. The average Bonchev–Trinajstić information content (AvgIpc) is 2.60. The molecule has 0 N–H and O–H groups in total. The smallest absolute Gasteiger partial charge is 0.138 e. The molecule has 0 spiro atoms. The van der Waals surface area contributed by atoms with E-state index in [9.17, 15) is 0 Å². The predicted molar refractivity (Wildman–Crippen MR) is 70.7 cm³/mol. The Balaban J connectivity index is 2.68. The van der Waals surface area contributed by atoms with E-state index in [-0.39, 0.29) is 0 Å². The molecular formula is C12H22BrN3. The van der Waals surface area contributed by atoms with E-state index in [0.717, 1.165) is 24.1 Å². The fourth-order valence-corrected chi connectivity index (χ4v) is 2.62. The number of hydrogen-bond acceptors (Lipinski definition) is 2. The van der Waals surface area contributed by atoms with Crippen LogP contribution in [-0.2, 0) is 13.0 Å². The van der Waals surface area contributed by atoms with Gasteiger partial charge in [-0.3, -0.25) is 0 Å². The van der Waals surface area contributed by atoms with Crippen molar-refractivity contribution >= 4 is 15.9 Å². The van der Waals surface area contributed by atoms with Crippen molar-refractivity contribution in [1.82, 2.24) is 14.8 Å². The van der Waals surface area contributed by atoms with Gasteiger partial charge in [-0.2, -0.15) is 5.10 Å². The lowest BCUT2D eigenvalue weighted by molar-refractivity contribution is 0.394. The Morgan fingerprint density at radius 3 is 2.50 bits per heavy atom. The monoisotopic (exact) mass is 287 g/mol. The first kappa shape index (κ1) is 13.7. The van der Waals surface area contributed by atoms with Crippen molar-refractivity contribution in [1.29, 1.82) is 0 Å². The molecule has 3 nitrogen and oxygen atoms in total. The van der Waals surface area contributed by atoms with E-state index < -0.39 is 0 Å². The third-order valence-corrected chi connectivity index (χ3v) is 3.65. The van der Waals surface area contributed by atoms with Gasteiger partial charge >= 0.3 is 0 Å². The molecule has 0 aliphatic carbocycles. The van der Waals surface area contributed by atoms with E-state index in [1.807, 2.05) is 4.68 Å². The lowest BCUT2D eigenvalue weighted by atomic mass is 9.94. The predicted octanol–water partition coefficient (Wildman–Crippen LogP) is 3.14. The van der Waals surface area contributed by atoms with Crippen LogP contribution in [0, 0.1) is 17.8 Å². The molecule has 16 heavy (non-hydrogen) atoms. The van der Waals surface area contributed by atoms with Gasteiger partial charge in [0.25, 0.3) is 0 Å². The zero-order chi connectivity index (χ0) is 12.1. The highest BCUT2D eigenvalue weighted by molar-refractivity contribution is 9.09. The molecule has 1 atom stereocenters. The second-order valence-corrected chi connectivity index (χ2v) is 5.76. The molecule has 0 radical (unpaired) electrons. The van der Waals surface area contributed by atoms with Gasteiger partial charge < -0.3 is 0 Å². The first-order valence-corrected chi connectivity index (χ1v) is 7.09. The van der Waals surface area contributed by atoms with Crippen molar-refractivity contribution in [3.05, 3.63) is 12.2 Å². The standard InChI is InChI=1S/C12H22BrN3/c1-9(2)7-16-12(14-8-15-16)5-11(6-13)10(3)4/h8-11H,5-7H2,1-4H3. The largest absolute Gasteiger partial charge is 0.250 e. The summed E-state index contributed by atoms with van der Waals surface area (Å²) in [7, 11) is 0. The number of halogens is 1. The summed E-state index contributed by atoms with van der Waals surface area (Å²) in [5.41, 5.74) is 0. The van der Waals surface area contributed by atoms with Crippen molar-refractivity contribution in [2.45, 2.75) is 40.7 Å². The van der Waals surface area contributed by atoms with Gasteiger partial charge in [0.2, 0.25) is 0 Å². The maximum atomic E-state index is 4.37. The zero-order valence-corrected chi connectivity index (χ0v) is 12.2. The lowest BCUT2D eigenvalue weighted by Gasteiger charge is -2.18. The summed E-state index contributed by atoms with van der Waals surface area (Å²) in [6, 6.07) is 0. The Morgan fingerprint density at radius 2 is 2.00 bits per heavy atom. The highest BCUT2D eigenvalue weighted by atomic mass is 79.9. The number of alkyl halides is 1. The van der Waals surface area contributed by atoms with Crippen LogP contribution in [0.3, 0.4) is 0 Å². The first-order chi connectivity index (χ1) is 7.54. The van der Waals surface area contributed by atoms with E-state index in [2.05, 4.69) is 53.7 Å². The van der Waals surface area contributed by atoms with Crippen LogP contribution in [0.4, 0.5) is 0 Å². The second kappa shape index (κ2) is 6.38. The molecule has 1 rings (SSSR count). The molecule has 1 aromatic rings. The minimum atomic E-state index is 0.613. The Bertz CT molecular complexity index is 307. The summed E-state index contributed by atoms with van der Waals surface area (Å²) in [5, 5.41) is 5.32. The summed E-state index contributed by atoms with van der Waals surface area (Å²) in [6.45, 7) is 9.89. The van der Waals surface area contributed by atoms with Crippen LogP contribution in [0.2, 0.25) is 0 Å². The molecular weight excluding hydrogens is 266 g/mol. The van der Waals surface area contributed by atoms with Crippen molar-refractivity contribution in [3.63, 3.8) is 0 Å². The van der Waals surface area contributed by atoms with Crippen molar-refractivity contribution in [2.75, 3.05) is 5.33 Å². The van der Waals surface area contributed by atoms with Crippen molar-refractivity contribution < 1.29 is 0 Å². The molecule has 0 aromatic carbocycles. The van der Waals surface area contributed by atoms with Gasteiger partial charge in [0.15, 0.2) is 0 Å². The van der Waals surface area contributed by atoms with Crippen LogP contribution in [0.5, 0.6) is 0 Å². The van der Waals surface area contributed by atoms with Gasteiger partial charge in [0.05, 0.1) is 0 Å². The fourth-order valence-electron chi connectivity index (χ4n) is 1.65. The molecule has 1 unspecified atom stereocenters. The number of aromatic nitrogens is 3. The summed E-state index contributed by atoms with van der Waals surface area (Å²) in [5.74, 6) is 3.03. The van der Waals surface area contributed by atoms with E-state index in [1.165, 1.54) is 0 Å². The Morgan fingerprint density at radius 1 is 1.31 bits per heavy atom. The first-order valence-electron chi connectivity index (χ1n) is 5.97. The molecule has 0 aliphatic heterocycles. The second-order valence-electron chi connectivity index (χ2n) is 5.11. The molecule has 0 fully saturated rings. The molecule has 0 saturated heterocycles. The van der Waals surface area contributed by atoms with Crippen LogP contribution in [-0.4, -0.2) is 20.1 Å². The third kappa shape index (κ3) is 3.89. The quantitative estimate of drug-likeness (QED) is 0.753. The number of rotatable bonds is 6. The Kier molecular flexibility index (Phi) is 5.46. The van der Waals surface area contributed by atoms with Crippen molar-refractivity contribution in [2.24, 2.45) is 17.8 Å². The number of nitrogens with zero attached hydrogens (tertiary/aromatic N) is 3. The fraction of sp³-hybridized carbons (Fsp3) is 0.833. The van der Waals surface area contributed by atoms with Crippen LogP contribution in [0.1, 0.15) is 33.5 Å². The maximum absolute atomic E-state index is 4.37. The minimum Gasteiger partial charge on any atom is -0.250 e. The molecule has 0 amide bonds. The van der Waals surface area contributed by atoms with Gasteiger partial charge in [-0.1, -0.05) is 43.6 Å².